The summed E-state index contributed by atoms with van der Waals surface area (Å²) in [6.07, 6.45) is 5.78. The summed E-state index contributed by atoms with van der Waals surface area (Å²) in [4.78, 5) is 1.46. The molecule has 0 N–H and O–H groups in total. The number of rotatable bonds is 4. The van der Waals surface area contributed by atoms with Gasteiger partial charge >= 0.3 is 51.4 Å². The van der Waals surface area contributed by atoms with Crippen molar-refractivity contribution in [3.05, 3.63) is 71.5 Å². The zero-order valence-electron chi connectivity index (χ0n) is 21.4. The third kappa shape index (κ3) is 4.85. The van der Waals surface area contributed by atoms with Gasteiger partial charge in [0.2, 0.25) is 5.69 Å². The second-order valence-corrected chi connectivity index (χ2v) is 12.7. The standard InChI is InChI=1S/C25H28N2O6S2.K/c1-24(2)18-14-16(34(28,29)30)10-12-20(18)26(5)22(24)8-7-9-23-25(3,4)19-15-17(35(31,32)33)11-13-21(19)27(23)6;/h7-15H,1-6H3,(H-,28,29,30,31,32,33);/q;+1/p-1. The topological polar surface area (TPSA) is 121 Å². The average Bonchev–Trinajstić information content (AvgIpc) is 3.05. The maximum Gasteiger partial charge on any atom is 1.00 e. The van der Waals surface area contributed by atoms with Crippen LogP contribution in [-0.4, -0.2) is 50.3 Å². The summed E-state index contributed by atoms with van der Waals surface area (Å²) < 4.78 is 71.2. The first-order valence-corrected chi connectivity index (χ1v) is 13.7. The van der Waals surface area contributed by atoms with Crippen LogP contribution in [-0.2, 0) is 31.1 Å². The summed E-state index contributed by atoms with van der Waals surface area (Å²) in [7, 11) is -5.35. The maximum absolute atomic E-state index is 11.5. The van der Waals surface area contributed by atoms with Crippen molar-refractivity contribution in [3.63, 3.8) is 0 Å². The van der Waals surface area contributed by atoms with Gasteiger partial charge in [0.15, 0.2) is 5.71 Å². The predicted molar refractivity (Wildman–Crippen MR) is 131 cm³/mol. The van der Waals surface area contributed by atoms with Gasteiger partial charge < -0.3 is 14.0 Å². The first kappa shape index (κ1) is 29.4. The van der Waals surface area contributed by atoms with Crippen LogP contribution in [0, 0.1) is 0 Å². The number of benzene rings is 2. The number of nitrogens with zero attached hydrogens (tertiary/aromatic N) is 2. The molecular weight excluding hydrogens is 528 g/mol. The van der Waals surface area contributed by atoms with Crippen LogP contribution in [0.15, 0.2) is 70.1 Å². The Morgan fingerprint density at radius 1 is 0.861 bits per heavy atom. The third-order valence-electron chi connectivity index (χ3n) is 7.09. The van der Waals surface area contributed by atoms with Crippen molar-refractivity contribution < 1.29 is 81.9 Å². The smallest absolute Gasteiger partial charge is 0.744 e. The molecule has 2 aromatic carbocycles. The van der Waals surface area contributed by atoms with E-state index in [9.17, 15) is 25.9 Å². The zero-order valence-corrected chi connectivity index (χ0v) is 26.1. The minimum Gasteiger partial charge on any atom is -0.744 e. The fourth-order valence-electron chi connectivity index (χ4n) is 5.17. The molecule has 0 aliphatic carbocycles. The molecule has 0 radical (unpaired) electrons. The van der Waals surface area contributed by atoms with Crippen molar-refractivity contribution in [2.24, 2.45) is 0 Å². The Morgan fingerprint density at radius 3 is 1.94 bits per heavy atom. The second-order valence-electron chi connectivity index (χ2n) is 9.93. The third-order valence-corrected chi connectivity index (χ3v) is 8.76. The molecule has 2 aliphatic heterocycles. The molecule has 0 aromatic heterocycles. The Bertz CT molecular complexity index is 1570. The summed E-state index contributed by atoms with van der Waals surface area (Å²) in [5.41, 5.74) is 3.90. The van der Waals surface area contributed by atoms with E-state index >= 15 is 0 Å². The minimum absolute atomic E-state index is 0. The minimum atomic E-state index is -4.56. The molecule has 36 heavy (non-hydrogen) atoms. The summed E-state index contributed by atoms with van der Waals surface area (Å²) >= 11 is 0. The van der Waals surface area contributed by atoms with Gasteiger partial charge in [-0.2, -0.15) is 4.58 Å². The second kappa shape index (κ2) is 9.55. The normalized spacial score (nSPS) is 19.6. The fourth-order valence-corrected chi connectivity index (χ4v) is 6.17. The molecule has 0 amide bonds. The van der Waals surface area contributed by atoms with Crippen LogP contribution in [0.4, 0.5) is 11.4 Å². The Hall–Kier alpha value is -1.15. The van der Waals surface area contributed by atoms with Crippen LogP contribution in [0.25, 0.3) is 0 Å². The van der Waals surface area contributed by atoms with Gasteiger partial charge in [-0.25, -0.2) is 16.8 Å². The Morgan fingerprint density at radius 2 is 1.39 bits per heavy atom. The van der Waals surface area contributed by atoms with Crippen molar-refractivity contribution in [3.8, 4) is 0 Å². The largest absolute Gasteiger partial charge is 1.00 e. The van der Waals surface area contributed by atoms with E-state index in [2.05, 4.69) is 0 Å². The van der Waals surface area contributed by atoms with E-state index < -0.39 is 31.1 Å². The van der Waals surface area contributed by atoms with Crippen molar-refractivity contribution >= 4 is 37.3 Å². The molecule has 0 saturated heterocycles. The van der Waals surface area contributed by atoms with Crippen molar-refractivity contribution in [1.29, 1.82) is 0 Å². The number of allylic oxidation sites excluding steroid dienone is 4. The molecule has 0 atom stereocenters. The van der Waals surface area contributed by atoms with Crippen LogP contribution in [0.5, 0.6) is 0 Å². The van der Waals surface area contributed by atoms with E-state index in [4.69, 9.17) is 0 Å². The first-order valence-electron chi connectivity index (χ1n) is 10.9. The SMILES string of the molecule is CN1/C(=C/C=C/C2=[N+](C)c3ccc(S(=O)(=O)[O-])cc3C2(C)C)C(C)(C)c2cc(S(=O)(=O)[O-])ccc21.[K+]. The van der Waals surface area contributed by atoms with Crippen LogP contribution >= 0.6 is 0 Å². The Balaban J connectivity index is 0.00000361. The van der Waals surface area contributed by atoms with Crippen LogP contribution < -0.4 is 56.3 Å². The van der Waals surface area contributed by atoms with Crippen LogP contribution in [0.1, 0.15) is 38.8 Å². The van der Waals surface area contributed by atoms with Gasteiger partial charge in [-0.05, 0) is 55.8 Å². The van der Waals surface area contributed by atoms with E-state index in [1.807, 2.05) is 69.5 Å². The van der Waals surface area contributed by atoms with Gasteiger partial charge in [0.25, 0.3) is 0 Å². The number of hydrogen-bond donors (Lipinski definition) is 0. The summed E-state index contributed by atoms with van der Waals surface area (Å²) in [6.45, 7) is 7.87. The molecule has 186 valence electrons. The number of anilines is 1. The van der Waals surface area contributed by atoms with Crippen molar-refractivity contribution in [2.75, 3.05) is 19.0 Å². The molecular formula is C25H27KN2O6S2. The van der Waals surface area contributed by atoms with E-state index in [0.717, 1.165) is 33.9 Å². The quantitative estimate of drug-likeness (QED) is 0.304. The predicted octanol–water partition coefficient (Wildman–Crippen LogP) is 0.373. The summed E-state index contributed by atoms with van der Waals surface area (Å²) in [6, 6.07) is 8.83. The number of likely N-dealkylation sites (N-methyl/N-ethyl adjacent to an activating group) is 1. The number of hydrogen-bond acceptors (Lipinski definition) is 7. The van der Waals surface area contributed by atoms with Gasteiger partial charge in [0.1, 0.15) is 27.3 Å². The van der Waals surface area contributed by atoms with Gasteiger partial charge in [-0.1, -0.05) is 19.9 Å². The van der Waals surface area contributed by atoms with Gasteiger partial charge in [0, 0.05) is 41.6 Å². The van der Waals surface area contributed by atoms with Crippen LogP contribution in [0.2, 0.25) is 0 Å². The van der Waals surface area contributed by atoms with E-state index in [1.165, 1.54) is 24.3 Å². The molecule has 4 rings (SSSR count). The summed E-state index contributed by atoms with van der Waals surface area (Å²) in [5, 5.41) is 0. The number of fused-ring (bicyclic) bond motifs is 2. The molecule has 8 nitrogen and oxygen atoms in total. The zero-order chi connectivity index (χ0) is 26.1. The molecule has 0 bridgehead atoms. The molecule has 0 saturated carbocycles. The molecule has 0 fully saturated rings. The van der Waals surface area contributed by atoms with Gasteiger partial charge in [0.05, 0.1) is 15.2 Å². The maximum atomic E-state index is 11.5. The van der Waals surface area contributed by atoms with E-state index in [1.54, 1.807) is 12.1 Å². The molecule has 2 heterocycles. The molecule has 0 unspecified atom stereocenters. The first-order chi connectivity index (χ1) is 16.0. The Kier molecular flexibility index (Phi) is 7.80. The van der Waals surface area contributed by atoms with Gasteiger partial charge in [-0.15, -0.1) is 0 Å². The Labute approximate surface area is 255 Å². The summed E-state index contributed by atoms with van der Waals surface area (Å²) in [5.74, 6) is 0. The molecule has 11 heteroatoms. The van der Waals surface area contributed by atoms with Crippen LogP contribution in [0.3, 0.4) is 0 Å². The van der Waals surface area contributed by atoms with E-state index in [-0.39, 0.29) is 61.2 Å². The van der Waals surface area contributed by atoms with Crippen molar-refractivity contribution in [1.82, 2.24) is 0 Å². The van der Waals surface area contributed by atoms with Gasteiger partial charge in [-0.3, -0.25) is 0 Å². The average molecular weight is 555 g/mol. The molecule has 2 aliphatic rings. The monoisotopic (exact) mass is 554 g/mol. The fraction of sp³-hybridized carbons (Fsp3) is 0.320. The molecule has 0 spiro atoms. The van der Waals surface area contributed by atoms with Crippen molar-refractivity contribution in [2.45, 2.75) is 48.3 Å². The molecule has 2 aromatic rings. The van der Waals surface area contributed by atoms with E-state index in [0.29, 0.717) is 0 Å².